The summed E-state index contributed by atoms with van der Waals surface area (Å²) in [6.45, 7) is 3.43. The van der Waals surface area contributed by atoms with Crippen molar-refractivity contribution in [3.63, 3.8) is 0 Å². The number of rotatable bonds is 18. The zero-order valence-corrected chi connectivity index (χ0v) is 19.3. The standard InChI is InChI=1S/C21H40N2O6S/c1-2-3-4-5-6-7-8-9-10-11-12-20(26)21-22(15-16-24)13-14-23(21)17-19(25)18-30(27,28)29/h19,24-25H,2-18H2,1H3/p+1. The molecule has 3 N–H and O–H groups in total. The van der Waals surface area contributed by atoms with E-state index in [4.69, 9.17) is 4.55 Å². The summed E-state index contributed by atoms with van der Waals surface area (Å²) in [4.78, 5) is 14.6. The van der Waals surface area contributed by atoms with Crippen molar-refractivity contribution in [2.75, 3.05) is 38.5 Å². The Morgan fingerprint density at radius 3 is 2.17 bits per heavy atom. The lowest BCUT2D eigenvalue weighted by Crippen LogP contribution is -2.40. The van der Waals surface area contributed by atoms with Gasteiger partial charge in [0, 0.05) is 6.42 Å². The number of hydrogen-bond acceptors (Lipinski definition) is 6. The molecular formula is C21H41N2O6S+. The predicted molar refractivity (Wildman–Crippen MR) is 118 cm³/mol. The molecule has 0 aromatic heterocycles. The highest BCUT2D eigenvalue weighted by Gasteiger charge is 2.36. The number of β-amino-alcohol motifs (C(OH)–C–C–N with tert-alkyl or cyclic N) is 2. The lowest BCUT2D eigenvalue weighted by Gasteiger charge is -2.13. The van der Waals surface area contributed by atoms with Crippen LogP contribution in [0.25, 0.3) is 0 Å². The average molecular weight is 450 g/mol. The summed E-state index contributed by atoms with van der Waals surface area (Å²) in [5.74, 6) is -0.363. The molecule has 0 fully saturated rings. The number of aliphatic hydroxyl groups is 2. The van der Waals surface area contributed by atoms with Gasteiger partial charge in [0.25, 0.3) is 10.1 Å². The fraction of sp³-hybridized carbons (Fsp3) is 0.905. The van der Waals surface area contributed by atoms with Crippen molar-refractivity contribution in [1.29, 1.82) is 0 Å². The van der Waals surface area contributed by atoms with Crippen LogP contribution in [0.5, 0.6) is 0 Å². The van der Waals surface area contributed by atoms with E-state index in [0.717, 1.165) is 19.3 Å². The van der Waals surface area contributed by atoms with E-state index in [1.165, 1.54) is 44.9 Å². The molecule has 0 aromatic carbocycles. The number of aliphatic hydroxyl groups excluding tert-OH is 2. The van der Waals surface area contributed by atoms with E-state index in [0.29, 0.717) is 31.9 Å². The molecule has 0 radical (unpaired) electrons. The Hall–Kier alpha value is -1.03. The molecule has 8 nitrogen and oxygen atoms in total. The Labute approximate surface area is 181 Å². The summed E-state index contributed by atoms with van der Waals surface area (Å²) in [5, 5.41) is 19.2. The number of amidine groups is 1. The van der Waals surface area contributed by atoms with E-state index < -0.39 is 22.0 Å². The van der Waals surface area contributed by atoms with Gasteiger partial charge in [-0.1, -0.05) is 64.7 Å². The average Bonchev–Trinajstić information content (AvgIpc) is 3.04. The van der Waals surface area contributed by atoms with Gasteiger partial charge in [-0.2, -0.15) is 8.42 Å². The van der Waals surface area contributed by atoms with E-state index in [-0.39, 0.29) is 18.9 Å². The minimum Gasteiger partial charge on any atom is -0.392 e. The second kappa shape index (κ2) is 14.9. The van der Waals surface area contributed by atoms with Crippen LogP contribution < -0.4 is 0 Å². The first kappa shape index (κ1) is 27.0. The molecule has 0 amide bonds. The number of carbonyl (C=O) groups excluding carboxylic acids is 1. The Morgan fingerprint density at radius 2 is 1.63 bits per heavy atom. The van der Waals surface area contributed by atoms with Crippen molar-refractivity contribution in [2.24, 2.45) is 0 Å². The number of carbonyl (C=O) groups is 1. The molecular weight excluding hydrogens is 408 g/mol. The first-order chi connectivity index (χ1) is 14.3. The molecule has 176 valence electrons. The second-order valence-corrected chi connectivity index (χ2v) is 9.74. The number of Topliss-reactive ketones (excluding diaryl/α,β-unsaturated/α-hetero) is 1. The van der Waals surface area contributed by atoms with Gasteiger partial charge in [-0.25, -0.2) is 0 Å². The van der Waals surface area contributed by atoms with Gasteiger partial charge < -0.3 is 10.2 Å². The lowest BCUT2D eigenvalue weighted by molar-refractivity contribution is -0.525. The molecule has 0 aromatic rings. The Balaban J connectivity index is 2.45. The van der Waals surface area contributed by atoms with Crippen molar-refractivity contribution in [1.82, 2.24) is 4.90 Å². The molecule has 0 saturated heterocycles. The fourth-order valence-electron chi connectivity index (χ4n) is 3.96. The maximum atomic E-state index is 12.8. The van der Waals surface area contributed by atoms with Gasteiger partial charge in [-0.05, 0) is 6.42 Å². The highest BCUT2D eigenvalue weighted by molar-refractivity contribution is 7.85. The number of hydrogen-bond donors (Lipinski definition) is 3. The van der Waals surface area contributed by atoms with Crippen LogP contribution in [-0.2, 0) is 14.9 Å². The van der Waals surface area contributed by atoms with Gasteiger partial charge in [0.05, 0.1) is 6.61 Å². The smallest absolute Gasteiger partial charge is 0.316 e. The van der Waals surface area contributed by atoms with Crippen molar-refractivity contribution in [3.05, 3.63) is 0 Å². The monoisotopic (exact) mass is 449 g/mol. The third-order valence-electron chi connectivity index (χ3n) is 5.45. The molecule has 1 rings (SSSR count). The van der Waals surface area contributed by atoms with Crippen LogP contribution in [0.2, 0.25) is 0 Å². The summed E-state index contributed by atoms with van der Waals surface area (Å²) in [7, 11) is -4.28. The normalized spacial score (nSPS) is 15.8. The van der Waals surface area contributed by atoms with Crippen molar-refractivity contribution in [3.8, 4) is 0 Å². The van der Waals surface area contributed by atoms with E-state index in [1.807, 2.05) is 0 Å². The topological polar surface area (TPSA) is 118 Å². The summed E-state index contributed by atoms with van der Waals surface area (Å²) in [6, 6.07) is 0. The molecule has 0 spiro atoms. The minimum absolute atomic E-state index is 0.0409. The molecule has 9 heteroatoms. The van der Waals surface area contributed by atoms with Crippen molar-refractivity contribution in [2.45, 2.75) is 83.7 Å². The molecule has 30 heavy (non-hydrogen) atoms. The van der Waals surface area contributed by atoms with Gasteiger partial charge in [0.15, 0.2) is 0 Å². The summed E-state index contributed by atoms with van der Waals surface area (Å²) < 4.78 is 32.5. The van der Waals surface area contributed by atoms with E-state index >= 15 is 0 Å². The maximum absolute atomic E-state index is 12.8. The summed E-state index contributed by atoms with van der Waals surface area (Å²) in [5.41, 5.74) is 0. The third kappa shape index (κ3) is 11.4. The van der Waals surface area contributed by atoms with Crippen molar-refractivity contribution >= 4 is 21.7 Å². The molecule has 1 unspecified atom stereocenters. The quantitative estimate of drug-likeness (QED) is 0.166. The van der Waals surface area contributed by atoms with Crippen molar-refractivity contribution < 1.29 is 32.6 Å². The van der Waals surface area contributed by atoms with Crippen LogP contribution in [0.1, 0.15) is 77.6 Å². The molecule has 1 aliphatic heterocycles. The van der Waals surface area contributed by atoms with Crippen LogP contribution >= 0.6 is 0 Å². The van der Waals surface area contributed by atoms with Gasteiger partial charge in [0.2, 0.25) is 5.78 Å². The fourth-order valence-corrected chi connectivity index (χ4v) is 4.55. The summed E-state index contributed by atoms with van der Waals surface area (Å²) in [6.07, 6.45) is 11.0. The highest BCUT2D eigenvalue weighted by atomic mass is 32.2. The Morgan fingerprint density at radius 1 is 1.07 bits per heavy atom. The van der Waals surface area contributed by atoms with E-state index in [1.54, 1.807) is 9.48 Å². The van der Waals surface area contributed by atoms with Gasteiger partial charge in [-0.3, -0.25) is 18.8 Å². The largest absolute Gasteiger partial charge is 0.392 e. The molecule has 0 saturated carbocycles. The zero-order valence-electron chi connectivity index (χ0n) is 18.5. The molecule has 1 heterocycles. The van der Waals surface area contributed by atoms with Crippen LogP contribution in [0.4, 0.5) is 0 Å². The van der Waals surface area contributed by atoms with Crippen LogP contribution in [0.15, 0.2) is 0 Å². The number of nitrogens with zero attached hydrogens (tertiary/aromatic N) is 2. The van der Waals surface area contributed by atoms with Crippen LogP contribution in [0.3, 0.4) is 0 Å². The van der Waals surface area contributed by atoms with Gasteiger partial charge >= 0.3 is 5.84 Å². The zero-order chi connectivity index (χ0) is 22.4. The molecule has 0 bridgehead atoms. The second-order valence-electron chi connectivity index (χ2n) is 8.24. The van der Waals surface area contributed by atoms with Gasteiger partial charge in [0.1, 0.15) is 38.0 Å². The summed E-state index contributed by atoms with van der Waals surface area (Å²) >= 11 is 0. The first-order valence-corrected chi connectivity index (χ1v) is 13.0. The maximum Gasteiger partial charge on any atom is 0.316 e. The van der Waals surface area contributed by atoms with E-state index in [9.17, 15) is 23.4 Å². The Bertz CT molecular complexity index is 635. The predicted octanol–water partition coefficient (Wildman–Crippen LogP) is 1.83. The molecule has 0 aliphatic carbocycles. The van der Waals surface area contributed by atoms with Crippen LogP contribution in [0, 0.1) is 0 Å². The SMILES string of the molecule is CCCCCCCCCCCCC(=O)C1=[N+](CC(O)CS(=O)(=O)O)CCN1CCO. The molecule has 1 atom stereocenters. The van der Waals surface area contributed by atoms with Crippen LogP contribution in [-0.4, -0.2) is 88.9 Å². The number of unbranched alkanes of at least 4 members (excludes halogenated alkanes) is 9. The highest BCUT2D eigenvalue weighted by Crippen LogP contribution is 2.13. The van der Waals surface area contributed by atoms with E-state index in [2.05, 4.69) is 6.92 Å². The number of ketones is 1. The lowest BCUT2D eigenvalue weighted by atomic mass is 10.0. The minimum atomic E-state index is -4.28. The first-order valence-electron chi connectivity index (χ1n) is 11.4. The third-order valence-corrected chi connectivity index (χ3v) is 6.26. The van der Waals surface area contributed by atoms with Gasteiger partial charge in [-0.15, -0.1) is 0 Å². The molecule has 1 aliphatic rings. The Kier molecular flexibility index (Phi) is 13.4.